The van der Waals surface area contributed by atoms with Gasteiger partial charge in [-0.25, -0.2) is 0 Å². The van der Waals surface area contributed by atoms with Crippen molar-refractivity contribution in [1.82, 2.24) is 10.2 Å². The van der Waals surface area contributed by atoms with E-state index in [-0.39, 0.29) is 11.7 Å². The van der Waals surface area contributed by atoms with Gasteiger partial charge in [0.05, 0.1) is 0 Å². The average Bonchev–Trinajstić information content (AvgIpc) is 3.08. The van der Waals surface area contributed by atoms with Gasteiger partial charge in [-0.15, -0.1) is 0 Å². The van der Waals surface area contributed by atoms with E-state index in [2.05, 4.69) is 40.9 Å². The molecule has 3 nitrogen and oxygen atoms in total. The highest BCUT2D eigenvalue weighted by Gasteiger charge is 2.65. The Balaban J connectivity index is 1.70. The number of thiophene rings is 1. The Morgan fingerprint density at radius 2 is 2.17 bits per heavy atom. The number of rotatable bonds is 2. The molecule has 18 heavy (non-hydrogen) atoms. The predicted molar refractivity (Wildman–Crippen MR) is 71.2 cm³/mol. The Morgan fingerprint density at radius 3 is 2.67 bits per heavy atom. The highest BCUT2D eigenvalue weighted by molar-refractivity contribution is 7.07. The number of nitrogens with one attached hydrogen (secondary N) is 1. The van der Waals surface area contributed by atoms with Gasteiger partial charge in [0.15, 0.2) is 0 Å². The first-order valence-electron chi connectivity index (χ1n) is 6.66. The van der Waals surface area contributed by atoms with Crippen molar-refractivity contribution in [2.45, 2.75) is 50.9 Å². The molecule has 1 spiro atoms. The van der Waals surface area contributed by atoms with Crippen molar-refractivity contribution in [3.05, 3.63) is 22.4 Å². The topological polar surface area (TPSA) is 32.3 Å². The molecule has 0 radical (unpaired) electrons. The maximum atomic E-state index is 12.6. The molecule has 0 aromatic carbocycles. The van der Waals surface area contributed by atoms with Gasteiger partial charge in [0.1, 0.15) is 11.7 Å². The molecule has 1 saturated heterocycles. The summed E-state index contributed by atoms with van der Waals surface area (Å²) in [7, 11) is 0. The lowest BCUT2D eigenvalue weighted by molar-refractivity contribution is -0.131. The number of amides is 1. The molecule has 2 atom stereocenters. The second-order valence-electron chi connectivity index (χ2n) is 6.61. The quantitative estimate of drug-likeness (QED) is 0.888. The summed E-state index contributed by atoms with van der Waals surface area (Å²) in [5.74, 6) is 0.342. The van der Waals surface area contributed by atoms with Crippen LogP contribution in [0, 0.1) is 5.41 Å². The Hall–Kier alpha value is -0.870. The van der Waals surface area contributed by atoms with Gasteiger partial charge in [-0.05, 0) is 47.1 Å². The minimum absolute atomic E-state index is 0.109. The summed E-state index contributed by atoms with van der Waals surface area (Å²) in [6.07, 6.45) is 3.27. The van der Waals surface area contributed by atoms with Crippen molar-refractivity contribution >= 4 is 17.2 Å². The third-order valence-electron chi connectivity index (χ3n) is 4.74. The fourth-order valence-corrected chi connectivity index (χ4v) is 3.83. The lowest BCUT2D eigenvalue weighted by atomic mass is 10.1. The zero-order valence-electron chi connectivity index (χ0n) is 10.8. The Labute approximate surface area is 111 Å². The van der Waals surface area contributed by atoms with Gasteiger partial charge in [0, 0.05) is 6.04 Å². The lowest BCUT2D eigenvalue weighted by Crippen LogP contribution is -2.35. The second-order valence-corrected chi connectivity index (χ2v) is 7.39. The summed E-state index contributed by atoms with van der Waals surface area (Å²) in [5.41, 5.74) is 1.34. The third kappa shape index (κ3) is 1.36. The van der Waals surface area contributed by atoms with Gasteiger partial charge < -0.3 is 4.90 Å². The number of nitrogens with zero attached hydrogens (tertiary/aromatic N) is 1. The molecule has 2 aliphatic carbocycles. The molecular formula is C14H18N2OS. The summed E-state index contributed by atoms with van der Waals surface area (Å²) in [6, 6.07) is 2.56. The fraction of sp³-hybridized carbons (Fsp3) is 0.643. The number of hydrogen-bond donors (Lipinski definition) is 1. The summed E-state index contributed by atoms with van der Waals surface area (Å²) >= 11 is 1.70. The first-order chi connectivity index (χ1) is 8.54. The molecule has 1 aromatic heterocycles. The van der Waals surface area contributed by atoms with Crippen LogP contribution in [0.3, 0.4) is 0 Å². The number of carbonyl (C=O) groups excluding carboxylic acids is 1. The maximum Gasteiger partial charge on any atom is 0.244 e. The van der Waals surface area contributed by atoms with Gasteiger partial charge in [-0.3, -0.25) is 10.1 Å². The van der Waals surface area contributed by atoms with Crippen LogP contribution in [0.15, 0.2) is 16.8 Å². The highest BCUT2D eigenvalue weighted by atomic mass is 32.1. The van der Waals surface area contributed by atoms with Crippen LogP contribution in [-0.4, -0.2) is 22.4 Å². The summed E-state index contributed by atoms with van der Waals surface area (Å²) in [4.78, 5) is 14.8. The molecule has 1 amide bonds. The van der Waals surface area contributed by atoms with E-state index in [1.165, 1.54) is 5.56 Å². The molecule has 1 aliphatic heterocycles. The molecule has 0 bridgehead atoms. The number of hydrogen-bond acceptors (Lipinski definition) is 3. The monoisotopic (exact) mass is 262 g/mol. The van der Waals surface area contributed by atoms with Crippen LogP contribution in [-0.2, 0) is 4.79 Å². The minimum atomic E-state index is -0.203. The van der Waals surface area contributed by atoms with Crippen LogP contribution in [0.1, 0.15) is 44.8 Å². The molecule has 4 rings (SSSR count). The Bertz CT molecular complexity index is 504. The standard InChI is InChI=1S/C14H18N2OS/c1-13(2)7-10(13)16-11(9-3-6-18-8-9)15-14(4-5-14)12(16)17/h3,6,8,10-11,15H,4-5,7H2,1-2H3. The Morgan fingerprint density at radius 1 is 1.44 bits per heavy atom. The molecule has 96 valence electrons. The van der Waals surface area contributed by atoms with E-state index in [9.17, 15) is 4.79 Å². The third-order valence-corrected chi connectivity index (χ3v) is 5.44. The molecule has 2 saturated carbocycles. The van der Waals surface area contributed by atoms with E-state index in [1.54, 1.807) is 11.3 Å². The van der Waals surface area contributed by atoms with Crippen LogP contribution >= 0.6 is 11.3 Å². The second kappa shape index (κ2) is 3.17. The van der Waals surface area contributed by atoms with E-state index < -0.39 is 0 Å². The van der Waals surface area contributed by atoms with Crippen LogP contribution in [0.25, 0.3) is 0 Å². The zero-order valence-corrected chi connectivity index (χ0v) is 11.6. The van der Waals surface area contributed by atoms with Crippen molar-refractivity contribution in [1.29, 1.82) is 0 Å². The maximum absolute atomic E-state index is 12.6. The summed E-state index contributed by atoms with van der Waals surface area (Å²) < 4.78 is 0. The summed E-state index contributed by atoms with van der Waals surface area (Å²) in [5, 5.41) is 7.84. The van der Waals surface area contributed by atoms with Crippen LogP contribution in [0.4, 0.5) is 0 Å². The zero-order chi connectivity index (χ0) is 12.5. The molecular weight excluding hydrogens is 244 g/mol. The van der Waals surface area contributed by atoms with Crippen molar-refractivity contribution in [3.63, 3.8) is 0 Å². The SMILES string of the molecule is CC1(C)CC1N1C(=O)C2(CC2)NC1c1ccsc1. The first kappa shape index (κ1) is 11.0. The van der Waals surface area contributed by atoms with E-state index in [1.807, 2.05) is 0 Å². The van der Waals surface area contributed by atoms with Gasteiger partial charge in [-0.1, -0.05) is 13.8 Å². The molecule has 2 unspecified atom stereocenters. The van der Waals surface area contributed by atoms with Crippen molar-refractivity contribution in [2.75, 3.05) is 0 Å². The smallest absolute Gasteiger partial charge is 0.244 e. The Kier molecular flexibility index (Phi) is 1.94. The molecule has 4 heteroatoms. The van der Waals surface area contributed by atoms with Crippen molar-refractivity contribution in [2.24, 2.45) is 5.41 Å². The van der Waals surface area contributed by atoms with Crippen molar-refractivity contribution < 1.29 is 4.79 Å². The molecule has 3 fully saturated rings. The van der Waals surface area contributed by atoms with Crippen molar-refractivity contribution in [3.8, 4) is 0 Å². The molecule has 3 aliphatic rings. The largest absolute Gasteiger partial charge is 0.318 e. The van der Waals surface area contributed by atoms with Crippen LogP contribution < -0.4 is 5.32 Å². The molecule has 2 heterocycles. The minimum Gasteiger partial charge on any atom is -0.318 e. The van der Waals surface area contributed by atoms with E-state index >= 15 is 0 Å². The van der Waals surface area contributed by atoms with Gasteiger partial charge in [-0.2, -0.15) is 11.3 Å². The first-order valence-corrected chi connectivity index (χ1v) is 7.60. The predicted octanol–water partition coefficient (Wildman–Crippen LogP) is 2.51. The molecule has 1 aromatic rings. The normalized spacial score (nSPS) is 35.2. The van der Waals surface area contributed by atoms with Gasteiger partial charge in [0.25, 0.3) is 0 Å². The fourth-order valence-electron chi connectivity index (χ4n) is 3.15. The average molecular weight is 262 g/mol. The van der Waals surface area contributed by atoms with Gasteiger partial charge in [0.2, 0.25) is 5.91 Å². The van der Waals surface area contributed by atoms with E-state index in [0.29, 0.717) is 17.4 Å². The van der Waals surface area contributed by atoms with E-state index in [0.717, 1.165) is 19.3 Å². The van der Waals surface area contributed by atoms with E-state index in [4.69, 9.17) is 0 Å². The van der Waals surface area contributed by atoms with Crippen LogP contribution in [0.2, 0.25) is 0 Å². The number of carbonyl (C=O) groups is 1. The lowest BCUT2D eigenvalue weighted by Gasteiger charge is -2.25. The summed E-state index contributed by atoms with van der Waals surface area (Å²) in [6.45, 7) is 4.51. The van der Waals surface area contributed by atoms with Gasteiger partial charge >= 0.3 is 0 Å². The highest BCUT2D eigenvalue weighted by Crippen LogP contribution is 2.56. The van der Waals surface area contributed by atoms with Crippen LogP contribution in [0.5, 0.6) is 0 Å². The molecule has 1 N–H and O–H groups in total.